The second-order valence-corrected chi connectivity index (χ2v) is 5.83. The molecule has 3 rings (SSSR count). The molecule has 4 nitrogen and oxygen atoms in total. The fourth-order valence-corrected chi connectivity index (χ4v) is 3.43. The van der Waals surface area contributed by atoms with Gasteiger partial charge in [0.2, 0.25) is 5.28 Å². The molecule has 6 heteroatoms. The monoisotopic (exact) mass is 270 g/mol. The summed E-state index contributed by atoms with van der Waals surface area (Å²) < 4.78 is 0. The average molecular weight is 271 g/mol. The molecule has 0 aliphatic carbocycles. The molecule has 0 atom stereocenters. The molecule has 0 unspecified atom stereocenters. The SMILES string of the molecule is Clc1nc2c(c(N3CCSCC3)n1)CCNC2. The zero-order chi connectivity index (χ0) is 11.7. The Labute approximate surface area is 110 Å². The van der Waals surface area contributed by atoms with Crippen molar-refractivity contribution in [2.24, 2.45) is 0 Å². The topological polar surface area (TPSA) is 41.1 Å². The largest absolute Gasteiger partial charge is 0.355 e. The highest BCUT2D eigenvalue weighted by atomic mass is 35.5. The van der Waals surface area contributed by atoms with Crippen LogP contribution in [0.5, 0.6) is 0 Å². The number of hydrogen-bond donors (Lipinski definition) is 1. The van der Waals surface area contributed by atoms with Gasteiger partial charge in [-0.2, -0.15) is 11.8 Å². The summed E-state index contributed by atoms with van der Waals surface area (Å²) in [4.78, 5) is 11.1. The molecule has 0 spiro atoms. The van der Waals surface area contributed by atoms with Gasteiger partial charge in [-0.25, -0.2) is 9.97 Å². The van der Waals surface area contributed by atoms with Crippen molar-refractivity contribution >= 4 is 29.2 Å². The predicted molar refractivity (Wildman–Crippen MR) is 72.0 cm³/mol. The first-order valence-corrected chi connectivity index (χ1v) is 7.46. The summed E-state index contributed by atoms with van der Waals surface area (Å²) in [6.07, 6.45) is 1.01. The number of halogens is 1. The number of aromatic nitrogens is 2. The van der Waals surface area contributed by atoms with Crippen LogP contribution in [0.15, 0.2) is 0 Å². The Bertz CT molecular complexity index is 420. The number of rotatable bonds is 1. The van der Waals surface area contributed by atoms with Crippen molar-refractivity contribution in [3.05, 3.63) is 16.5 Å². The molecule has 2 aliphatic rings. The summed E-state index contributed by atoms with van der Waals surface area (Å²) in [6.45, 7) is 3.95. The lowest BCUT2D eigenvalue weighted by molar-refractivity contribution is 0.619. The van der Waals surface area contributed by atoms with Gasteiger partial charge in [0.15, 0.2) is 0 Å². The first-order valence-electron chi connectivity index (χ1n) is 5.93. The highest BCUT2D eigenvalue weighted by Crippen LogP contribution is 2.27. The van der Waals surface area contributed by atoms with Crippen molar-refractivity contribution in [3.8, 4) is 0 Å². The molecule has 2 aliphatic heterocycles. The summed E-state index contributed by atoms with van der Waals surface area (Å²) in [7, 11) is 0. The second-order valence-electron chi connectivity index (χ2n) is 4.27. The Morgan fingerprint density at radius 1 is 1.24 bits per heavy atom. The first kappa shape index (κ1) is 11.6. The number of hydrogen-bond acceptors (Lipinski definition) is 5. The van der Waals surface area contributed by atoms with Crippen LogP contribution in [0.2, 0.25) is 5.28 Å². The average Bonchev–Trinajstić information content (AvgIpc) is 2.39. The summed E-state index contributed by atoms with van der Waals surface area (Å²) in [5.74, 6) is 3.42. The Hall–Kier alpha value is -0.520. The van der Waals surface area contributed by atoms with Gasteiger partial charge in [0, 0.05) is 36.7 Å². The van der Waals surface area contributed by atoms with E-state index in [-0.39, 0.29) is 0 Å². The van der Waals surface area contributed by atoms with E-state index in [4.69, 9.17) is 11.6 Å². The van der Waals surface area contributed by atoms with Gasteiger partial charge in [0.25, 0.3) is 0 Å². The number of thioether (sulfide) groups is 1. The molecule has 17 heavy (non-hydrogen) atoms. The Morgan fingerprint density at radius 3 is 2.88 bits per heavy atom. The molecule has 0 amide bonds. The molecule has 92 valence electrons. The van der Waals surface area contributed by atoms with Crippen LogP contribution in [0, 0.1) is 0 Å². The van der Waals surface area contributed by atoms with Crippen molar-refractivity contribution in [1.29, 1.82) is 0 Å². The molecule has 1 saturated heterocycles. The number of fused-ring (bicyclic) bond motifs is 1. The van der Waals surface area contributed by atoms with E-state index in [1.807, 2.05) is 11.8 Å². The highest BCUT2D eigenvalue weighted by molar-refractivity contribution is 7.99. The lowest BCUT2D eigenvalue weighted by atomic mass is 10.1. The summed E-state index contributed by atoms with van der Waals surface area (Å²) in [5.41, 5.74) is 2.37. The van der Waals surface area contributed by atoms with Crippen molar-refractivity contribution in [2.75, 3.05) is 36.0 Å². The minimum absolute atomic E-state index is 0.376. The quantitative estimate of drug-likeness (QED) is 0.780. The minimum atomic E-state index is 0.376. The van der Waals surface area contributed by atoms with E-state index in [0.717, 1.165) is 44.1 Å². The van der Waals surface area contributed by atoms with Gasteiger partial charge in [-0.1, -0.05) is 0 Å². The van der Waals surface area contributed by atoms with Crippen LogP contribution < -0.4 is 10.2 Å². The molecular weight excluding hydrogens is 256 g/mol. The van der Waals surface area contributed by atoms with Crippen LogP contribution in [-0.2, 0) is 13.0 Å². The van der Waals surface area contributed by atoms with Crippen LogP contribution in [0.25, 0.3) is 0 Å². The zero-order valence-electron chi connectivity index (χ0n) is 9.58. The van der Waals surface area contributed by atoms with Crippen LogP contribution in [0.3, 0.4) is 0 Å². The fourth-order valence-electron chi connectivity index (χ4n) is 2.35. The van der Waals surface area contributed by atoms with Gasteiger partial charge < -0.3 is 10.2 Å². The molecule has 0 saturated carbocycles. The van der Waals surface area contributed by atoms with Crippen molar-refractivity contribution in [2.45, 2.75) is 13.0 Å². The maximum Gasteiger partial charge on any atom is 0.224 e. The number of anilines is 1. The molecule has 0 aromatic carbocycles. The van der Waals surface area contributed by atoms with Crippen LogP contribution in [0.4, 0.5) is 5.82 Å². The third-order valence-electron chi connectivity index (χ3n) is 3.20. The van der Waals surface area contributed by atoms with Gasteiger partial charge in [-0.3, -0.25) is 0 Å². The maximum absolute atomic E-state index is 6.02. The van der Waals surface area contributed by atoms with Crippen molar-refractivity contribution in [1.82, 2.24) is 15.3 Å². The summed E-state index contributed by atoms with van der Waals surface area (Å²) in [6, 6.07) is 0. The normalized spacial score (nSPS) is 20.2. The molecule has 1 aromatic heterocycles. The minimum Gasteiger partial charge on any atom is -0.355 e. The second kappa shape index (κ2) is 5.00. The predicted octanol–water partition coefficient (Wildman–Crippen LogP) is 1.33. The van der Waals surface area contributed by atoms with Crippen LogP contribution in [0.1, 0.15) is 11.3 Å². The first-order chi connectivity index (χ1) is 8.34. The van der Waals surface area contributed by atoms with E-state index in [1.54, 1.807) is 0 Å². The number of nitrogens with zero attached hydrogens (tertiary/aromatic N) is 3. The molecular formula is C11H15ClN4S. The fraction of sp³-hybridized carbons (Fsp3) is 0.636. The Balaban J connectivity index is 1.98. The Morgan fingerprint density at radius 2 is 2.06 bits per heavy atom. The van der Waals surface area contributed by atoms with Crippen LogP contribution in [-0.4, -0.2) is 41.1 Å². The maximum atomic E-state index is 6.02. The lowest BCUT2D eigenvalue weighted by Gasteiger charge is -2.31. The van der Waals surface area contributed by atoms with Crippen molar-refractivity contribution < 1.29 is 0 Å². The van der Waals surface area contributed by atoms with Gasteiger partial charge >= 0.3 is 0 Å². The summed E-state index contributed by atoms with van der Waals surface area (Å²) in [5, 5.41) is 3.70. The van der Waals surface area contributed by atoms with E-state index in [1.165, 1.54) is 17.1 Å². The molecule has 3 heterocycles. The van der Waals surface area contributed by atoms with E-state index in [0.29, 0.717) is 5.28 Å². The Kier molecular flexibility index (Phi) is 3.40. The number of nitrogens with one attached hydrogen (secondary N) is 1. The third-order valence-corrected chi connectivity index (χ3v) is 4.31. The lowest BCUT2D eigenvalue weighted by Crippen LogP contribution is -2.36. The van der Waals surface area contributed by atoms with Gasteiger partial charge in [0.1, 0.15) is 5.82 Å². The molecule has 0 bridgehead atoms. The molecule has 1 aromatic rings. The molecule has 1 N–H and O–H groups in total. The highest BCUT2D eigenvalue weighted by Gasteiger charge is 2.22. The smallest absolute Gasteiger partial charge is 0.224 e. The third kappa shape index (κ3) is 2.37. The van der Waals surface area contributed by atoms with Crippen molar-refractivity contribution in [3.63, 3.8) is 0 Å². The van der Waals surface area contributed by atoms with Gasteiger partial charge in [-0.05, 0) is 24.6 Å². The van der Waals surface area contributed by atoms with E-state index in [9.17, 15) is 0 Å². The standard InChI is InChI=1S/C11H15ClN4S/c12-11-14-9-7-13-2-1-8(9)10(15-11)16-3-5-17-6-4-16/h13H,1-7H2. The van der Waals surface area contributed by atoms with E-state index in [2.05, 4.69) is 20.2 Å². The molecule has 1 fully saturated rings. The van der Waals surface area contributed by atoms with Gasteiger partial charge in [0.05, 0.1) is 5.69 Å². The summed E-state index contributed by atoms with van der Waals surface area (Å²) >= 11 is 8.02. The zero-order valence-corrected chi connectivity index (χ0v) is 11.2. The van der Waals surface area contributed by atoms with Gasteiger partial charge in [-0.15, -0.1) is 0 Å². The molecule has 0 radical (unpaired) electrons. The van der Waals surface area contributed by atoms with E-state index >= 15 is 0 Å². The van der Waals surface area contributed by atoms with Crippen LogP contribution >= 0.6 is 23.4 Å². The van der Waals surface area contributed by atoms with E-state index < -0.39 is 0 Å².